The quantitative estimate of drug-likeness (QED) is 0.661. The normalized spacial score (nSPS) is 10.2. The molecule has 0 spiro atoms. The van der Waals surface area contributed by atoms with Gasteiger partial charge in [0.2, 0.25) is 0 Å². The highest BCUT2D eigenvalue weighted by molar-refractivity contribution is 5.92. The molecule has 0 saturated carbocycles. The van der Waals surface area contributed by atoms with Gasteiger partial charge < -0.3 is 4.74 Å². The van der Waals surface area contributed by atoms with Gasteiger partial charge in [-0.05, 0) is 31.2 Å². The topological polar surface area (TPSA) is 33.0 Å². The van der Waals surface area contributed by atoms with Gasteiger partial charge in [0.15, 0.2) is 0 Å². The van der Waals surface area contributed by atoms with Crippen LogP contribution in [0, 0.1) is 18.3 Å². The minimum absolute atomic E-state index is 0.664. The Morgan fingerprint density at radius 1 is 0.850 bits per heavy atom. The third-order valence-electron chi connectivity index (χ3n) is 3.25. The second-order valence-corrected chi connectivity index (χ2v) is 4.68. The van der Waals surface area contributed by atoms with Crippen molar-refractivity contribution in [3.8, 4) is 17.6 Å². The van der Waals surface area contributed by atoms with Crippen LogP contribution in [-0.2, 0) is 0 Å². The average molecular weight is 259 g/mol. The molecule has 0 aliphatic rings. The Balaban J connectivity index is 2.09. The van der Waals surface area contributed by atoms with Gasteiger partial charge >= 0.3 is 0 Å². The number of fused-ring (bicyclic) bond motifs is 1. The van der Waals surface area contributed by atoms with Crippen molar-refractivity contribution < 1.29 is 4.74 Å². The molecule has 2 heteroatoms. The number of ether oxygens (including phenoxy) is 1. The Morgan fingerprint density at radius 3 is 2.25 bits per heavy atom. The summed E-state index contributed by atoms with van der Waals surface area (Å²) in [4.78, 5) is 0. The largest absolute Gasteiger partial charge is 0.457 e. The second-order valence-electron chi connectivity index (χ2n) is 4.68. The molecule has 0 aromatic heterocycles. The van der Waals surface area contributed by atoms with E-state index >= 15 is 0 Å². The van der Waals surface area contributed by atoms with Crippen LogP contribution in [0.2, 0.25) is 0 Å². The Hall–Kier alpha value is -2.79. The summed E-state index contributed by atoms with van der Waals surface area (Å²) in [6.07, 6.45) is 0. The zero-order chi connectivity index (χ0) is 13.9. The molecule has 0 amide bonds. The van der Waals surface area contributed by atoms with Crippen LogP contribution in [-0.4, -0.2) is 0 Å². The predicted molar refractivity (Wildman–Crippen MR) is 79.9 cm³/mol. The molecule has 0 fully saturated rings. The van der Waals surface area contributed by atoms with Crippen LogP contribution in [0.15, 0.2) is 60.7 Å². The maximum atomic E-state index is 9.16. The van der Waals surface area contributed by atoms with Crippen molar-refractivity contribution in [3.05, 3.63) is 71.8 Å². The lowest BCUT2D eigenvalue weighted by Crippen LogP contribution is -1.88. The van der Waals surface area contributed by atoms with Gasteiger partial charge in [0, 0.05) is 10.8 Å². The summed E-state index contributed by atoms with van der Waals surface area (Å²) >= 11 is 0. The van der Waals surface area contributed by atoms with Crippen LogP contribution in [0.5, 0.6) is 11.5 Å². The number of nitrogens with zero attached hydrogens (tertiary/aromatic N) is 1. The summed E-state index contributed by atoms with van der Waals surface area (Å²) in [7, 11) is 0. The lowest BCUT2D eigenvalue weighted by atomic mass is 10.0. The lowest BCUT2D eigenvalue weighted by molar-refractivity contribution is 0.488. The van der Waals surface area contributed by atoms with Crippen molar-refractivity contribution in [1.29, 1.82) is 5.26 Å². The van der Waals surface area contributed by atoms with E-state index in [0.29, 0.717) is 5.56 Å². The molecule has 3 aromatic rings. The van der Waals surface area contributed by atoms with E-state index < -0.39 is 0 Å². The Kier molecular flexibility index (Phi) is 3.10. The fourth-order valence-corrected chi connectivity index (χ4v) is 2.19. The van der Waals surface area contributed by atoms with E-state index in [2.05, 4.69) is 6.07 Å². The highest BCUT2D eigenvalue weighted by Gasteiger charge is 2.07. The van der Waals surface area contributed by atoms with Gasteiger partial charge in [0.05, 0.1) is 11.6 Å². The van der Waals surface area contributed by atoms with E-state index in [1.54, 1.807) is 6.07 Å². The van der Waals surface area contributed by atoms with Gasteiger partial charge in [-0.2, -0.15) is 5.26 Å². The molecule has 2 nitrogen and oxygen atoms in total. The minimum Gasteiger partial charge on any atom is -0.457 e. The number of nitriles is 1. The van der Waals surface area contributed by atoms with Crippen LogP contribution in [0.4, 0.5) is 0 Å². The van der Waals surface area contributed by atoms with Gasteiger partial charge in [0.25, 0.3) is 0 Å². The Bertz CT molecular complexity index is 798. The Labute approximate surface area is 117 Å². The number of hydrogen-bond donors (Lipinski definition) is 0. The molecular weight excluding hydrogens is 246 g/mol. The Morgan fingerprint density at radius 2 is 1.55 bits per heavy atom. The van der Waals surface area contributed by atoms with Crippen LogP contribution in [0.1, 0.15) is 11.1 Å². The summed E-state index contributed by atoms with van der Waals surface area (Å²) in [5, 5.41) is 11.0. The zero-order valence-corrected chi connectivity index (χ0v) is 11.1. The van der Waals surface area contributed by atoms with Gasteiger partial charge in [-0.15, -0.1) is 0 Å². The van der Waals surface area contributed by atoms with Crippen LogP contribution in [0.25, 0.3) is 10.8 Å². The number of hydrogen-bond acceptors (Lipinski definition) is 2. The molecule has 0 radical (unpaired) electrons. The third kappa shape index (κ3) is 2.22. The summed E-state index contributed by atoms with van der Waals surface area (Å²) in [5.74, 6) is 1.56. The second kappa shape index (κ2) is 5.07. The van der Waals surface area contributed by atoms with Crippen molar-refractivity contribution in [2.75, 3.05) is 0 Å². The molecule has 0 atom stereocenters. The number of benzene rings is 3. The molecule has 0 unspecified atom stereocenters. The predicted octanol–water partition coefficient (Wildman–Crippen LogP) is 4.81. The van der Waals surface area contributed by atoms with Crippen LogP contribution < -0.4 is 4.74 Å². The average Bonchev–Trinajstić information content (AvgIpc) is 2.50. The molecule has 0 N–H and O–H groups in total. The van der Waals surface area contributed by atoms with Crippen molar-refractivity contribution in [1.82, 2.24) is 0 Å². The molecule has 0 saturated heterocycles. The first kappa shape index (κ1) is 12.3. The monoisotopic (exact) mass is 259 g/mol. The molecule has 3 aromatic carbocycles. The smallest absolute Gasteiger partial charge is 0.135 e. The van der Waals surface area contributed by atoms with Crippen LogP contribution >= 0.6 is 0 Å². The molecule has 20 heavy (non-hydrogen) atoms. The molecular formula is C18H13NO. The molecule has 0 aliphatic heterocycles. The molecule has 0 aliphatic carbocycles. The first-order chi connectivity index (χ1) is 9.78. The van der Waals surface area contributed by atoms with E-state index in [1.807, 2.05) is 61.5 Å². The van der Waals surface area contributed by atoms with Gasteiger partial charge in [-0.3, -0.25) is 0 Å². The first-order valence-corrected chi connectivity index (χ1v) is 6.44. The van der Waals surface area contributed by atoms with Crippen molar-refractivity contribution in [3.63, 3.8) is 0 Å². The van der Waals surface area contributed by atoms with Gasteiger partial charge in [0.1, 0.15) is 11.5 Å². The van der Waals surface area contributed by atoms with E-state index in [-0.39, 0.29) is 0 Å². The minimum atomic E-state index is 0.664. The summed E-state index contributed by atoms with van der Waals surface area (Å²) in [6, 6.07) is 21.6. The van der Waals surface area contributed by atoms with Crippen LogP contribution in [0.3, 0.4) is 0 Å². The zero-order valence-electron chi connectivity index (χ0n) is 11.1. The summed E-state index contributed by atoms with van der Waals surface area (Å²) < 4.78 is 5.94. The maximum Gasteiger partial charge on any atom is 0.135 e. The molecule has 0 heterocycles. The highest BCUT2D eigenvalue weighted by atomic mass is 16.5. The number of aryl methyl sites for hydroxylation is 1. The van der Waals surface area contributed by atoms with E-state index in [1.165, 1.54) is 5.56 Å². The SMILES string of the molecule is Cc1ccc(Oc2ccc(C#N)c3ccccc23)cc1. The van der Waals surface area contributed by atoms with E-state index in [9.17, 15) is 0 Å². The van der Waals surface area contributed by atoms with Crippen molar-refractivity contribution >= 4 is 10.8 Å². The standard InChI is InChI=1S/C18H13NO/c1-13-6-9-15(10-7-13)20-18-11-8-14(12-19)16-4-2-3-5-17(16)18/h2-11H,1H3. The van der Waals surface area contributed by atoms with Gasteiger partial charge in [-0.1, -0.05) is 42.0 Å². The summed E-state index contributed by atoms with van der Waals surface area (Å²) in [5.41, 5.74) is 1.86. The molecule has 3 rings (SSSR count). The van der Waals surface area contributed by atoms with E-state index in [4.69, 9.17) is 10.00 Å². The first-order valence-electron chi connectivity index (χ1n) is 6.44. The molecule has 96 valence electrons. The van der Waals surface area contributed by atoms with E-state index in [0.717, 1.165) is 22.3 Å². The maximum absolute atomic E-state index is 9.16. The van der Waals surface area contributed by atoms with Crippen molar-refractivity contribution in [2.45, 2.75) is 6.92 Å². The fourth-order valence-electron chi connectivity index (χ4n) is 2.19. The number of rotatable bonds is 2. The lowest BCUT2D eigenvalue weighted by Gasteiger charge is -2.10. The molecule has 0 bridgehead atoms. The highest BCUT2D eigenvalue weighted by Crippen LogP contribution is 2.31. The van der Waals surface area contributed by atoms with Gasteiger partial charge in [-0.25, -0.2) is 0 Å². The third-order valence-corrected chi connectivity index (χ3v) is 3.25. The fraction of sp³-hybridized carbons (Fsp3) is 0.0556. The summed E-state index contributed by atoms with van der Waals surface area (Å²) in [6.45, 7) is 2.04. The van der Waals surface area contributed by atoms with Crippen molar-refractivity contribution in [2.24, 2.45) is 0 Å².